The molecule has 1 aliphatic heterocycles. The Hall–Kier alpha value is -3.46. The van der Waals surface area contributed by atoms with Crippen LogP contribution in [0.3, 0.4) is 0 Å². The van der Waals surface area contributed by atoms with Crippen molar-refractivity contribution in [2.75, 3.05) is 20.2 Å². The minimum absolute atomic E-state index is 0.0717. The molecule has 1 saturated heterocycles. The first-order chi connectivity index (χ1) is 17.8. The lowest BCUT2D eigenvalue weighted by Gasteiger charge is -2.28. The minimum Gasteiger partial charge on any atom is -0.481 e. The molecule has 2 fully saturated rings. The van der Waals surface area contributed by atoms with E-state index < -0.39 is 6.09 Å². The molecule has 1 saturated carbocycles. The number of likely N-dealkylation sites (tertiary alicyclic amines) is 1. The Kier molecular flexibility index (Phi) is 7.15. The Balaban J connectivity index is 1.35. The summed E-state index contributed by atoms with van der Waals surface area (Å²) in [6.45, 7) is 7.23. The summed E-state index contributed by atoms with van der Waals surface area (Å²) >= 11 is 1.54. The molecule has 0 spiro atoms. The van der Waals surface area contributed by atoms with Crippen LogP contribution in [0.25, 0.3) is 10.4 Å². The summed E-state index contributed by atoms with van der Waals surface area (Å²) in [5, 5.41) is 3.74. The van der Waals surface area contributed by atoms with E-state index in [0.717, 1.165) is 33.9 Å². The van der Waals surface area contributed by atoms with Crippen LogP contribution in [0.5, 0.6) is 11.8 Å². The summed E-state index contributed by atoms with van der Waals surface area (Å²) in [4.78, 5) is 38.2. The van der Waals surface area contributed by atoms with Crippen molar-refractivity contribution in [2.45, 2.75) is 39.7 Å². The van der Waals surface area contributed by atoms with Crippen LogP contribution in [0.1, 0.15) is 40.8 Å². The maximum atomic E-state index is 14.0. The van der Waals surface area contributed by atoms with E-state index in [2.05, 4.69) is 28.3 Å². The number of carbonyl (C=O) groups excluding carboxylic acids is 2. The van der Waals surface area contributed by atoms with E-state index in [-0.39, 0.29) is 17.8 Å². The van der Waals surface area contributed by atoms with Crippen molar-refractivity contribution in [3.8, 4) is 22.2 Å². The standard InChI is InChI=1S/C28H32N4O4S/c1-16-7-5-8-19(11-16)26-25(30-18(3)37-26)27(33)32-15-20-12-17(2)13-21(20)22(32)14-29-28(34)36-24-10-6-9-23(31-24)35-4/h5-11,17,20-22H,12-15H2,1-4H3,(H,29,34)/t17?,20-,21-,22+/m0/s1. The highest BCUT2D eigenvalue weighted by Crippen LogP contribution is 2.45. The van der Waals surface area contributed by atoms with Gasteiger partial charge in [-0.15, -0.1) is 11.3 Å². The SMILES string of the molecule is COc1cccc(OC(=O)NC[C@@H]2[C@H]3CC(C)C[C@H]3CN2C(=O)c2nc(C)sc2-c2cccc(C)c2)n1. The first kappa shape index (κ1) is 25.2. The normalized spacial score (nSPS) is 22.5. The zero-order chi connectivity index (χ0) is 26.1. The molecule has 8 nitrogen and oxygen atoms in total. The van der Waals surface area contributed by atoms with Gasteiger partial charge in [-0.25, -0.2) is 9.78 Å². The fraction of sp³-hybridized carbons (Fsp3) is 0.429. The van der Waals surface area contributed by atoms with Crippen LogP contribution in [0.15, 0.2) is 42.5 Å². The highest BCUT2D eigenvalue weighted by molar-refractivity contribution is 7.15. The van der Waals surface area contributed by atoms with Crippen molar-refractivity contribution < 1.29 is 19.1 Å². The van der Waals surface area contributed by atoms with E-state index in [1.807, 2.05) is 36.9 Å². The Bertz CT molecular complexity index is 1310. The second-order valence-corrected chi connectivity index (χ2v) is 11.3. The fourth-order valence-corrected chi connectivity index (χ4v) is 6.72. The third kappa shape index (κ3) is 5.32. The van der Waals surface area contributed by atoms with Crippen molar-refractivity contribution in [3.05, 3.63) is 58.7 Å². The van der Waals surface area contributed by atoms with Gasteiger partial charge in [-0.1, -0.05) is 42.8 Å². The molecule has 9 heteroatoms. The molecule has 1 N–H and O–H groups in total. The van der Waals surface area contributed by atoms with Gasteiger partial charge in [-0.05, 0) is 50.0 Å². The van der Waals surface area contributed by atoms with Gasteiger partial charge in [0.25, 0.3) is 5.91 Å². The Labute approximate surface area is 221 Å². The molecule has 1 unspecified atom stereocenters. The number of amides is 2. The van der Waals surface area contributed by atoms with Gasteiger partial charge in [0.1, 0.15) is 5.69 Å². The van der Waals surface area contributed by atoms with Crippen LogP contribution in [0.2, 0.25) is 0 Å². The summed E-state index contributed by atoms with van der Waals surface area (Å²) in [7, 11) is 1.51. The van der Waals surface area contributed by atoms with Gasteiger partial charge in [-0.3, -0.25) is 4.79 Å². The van der Waals surface area contributed by atoms with Gasteiger partial charge in [0.15, 0.2) is 0 Å². The first-order valence-corrected chi connectivity index (χ1v) is 13.5. The van der Waals surface area contributed by atoms with Crippen molar-refractivity contribution in [1.82, 2.24) is 20.2 Å². The zero-order valence-corrected chi connectivity index (χ0v) is 22.4. The quantitative estimate of drug-likeness (QED) is 0.486. The molecule has 194 valence electrons. The monoisotopic (exact) mass is 520 g/mol. The molecule has 3 heterocycles. The van der Waals surface area contributed by atoms with Crippen LogP contribution in [-0.4, -0.2) is 53.1 Å². The van der Waals surface area contributed by atoms with Gasteiger partial charge in [0.05, 0.1) is 23.0 Å². The number of hydrogen-bond donors (Lipinski definition) is 1. The maximum absolute atomic E-state index is 14.0. The van der Waals surface area contributed by atoms with Gasteiger partial charge < -0.3 is 19.7 Å². The fourth-order valence-electron chi connectivity index (χ4n) is 5.82. The van der Waals surface area contributed by atoms with Crippen LogP contribution in [0.4, 0.5) is 4.79 Å². The number of thiazole rings is 1. The van der Waals surface area contributed by atoms with E-state index in [0.29, 0.717) is 42.4 Å². The molecule has 2 aliphatic rings. The maximum Gasteiger partial charge on any atom is 0.414 e. The lowest BCUT2D eigenvalue weighted by molar-refractivity contribution is 0.0702. The predicted octanol–water partition coefficient (Wildman–Crippen LogP) is 5.11. The molecule has 4 atom stereocenters. The van der Waals surface area contributed by atoms with Crippen LogP contribution < -0.4 is 14.8 Å². The van der Waals surface area contributed by atoms with E-state index in [1.54, 1.807) is 29.5 Å². The molecule has 3 aromatic rings. The lowest BCUT2D eigenvalue weighted by Crippen LogP contribution is -2.46. The number of rotatable bonds is 6. The largest absolute Gasteiger partial charge is 0.481 e. The number of carbonyl (C=O) groups is 2. The highest BCUT2D eigenvalue weighted by Gasteiger charge is 2.48. The second kappa shape index (κ2) is 10.5. The van der Waals surface area contributed by atoms with Gasteiger partial charge >= 0.3 is 6.09 Å². The summed E-state index contributed by atoms with van der Waals surface area (Å²) in [5.41, 5.74) is 2.64. The van der Waals surface area contributed by atoms with E-state index in [9.17, 15) is 9.59 Å². The van der Waals surface area contributed by atoms with Gasteiger partial charge in [-0.2, -0.15) is 4.98 Å². The van der Waals surface area contributed by atoms with Crippen molar-refractivity contribution in [2.24, 2.45) is 17.8 Å². The van der Waals surface area contributed by atoms with Crippen molar-refractivity contribution in [3.63, 3.8) is 0 Å². The summed E-state index contributed by atoms with van der Waals surface area (Å²) in [6, 6.07) is 13.0. The van der Waals surface area contributed by atoms with Crippen molar-refractivity contribution >= 4 is 23.3 Å². The molecule has 37 heavy (non-hydrogen) atoms. The van der Waals surface area contributed by atoms with Gasteiger partial charge in [0, 0.05) is 25.2 Å². The van der Waals surface area contributed by atoms with Crippen LogP contribution in [-0.2, 0) is 0 Å². The molecule has 0 radical (unpaired) electrons. The summed E-state index contributed by atoms with van der Waals surface area (Å²) < 4.78 is 10.5. The molecular formula is C28H32N4O4S. The molecule has 1 aliphatic carbocycles. The predicted molar refractivity (Wildman–Crippen MR) is 142 cm³/mol. The number of aromatic nitrogens is 2. The van der Waals surface area contributed by atoms with E-state index in [1.165, 1.54) is 7.11 Å². The number of nitrogens with zero attached hydrogens (tertiary/aromatic N) is 3. The highest BCUT2D eigenvalue weighted by atomic mass is 32.1. The van der Waals surface area contributed by atoms with Gasteiger partial charge in [0.2, 0.25) is 11.8 Å². The summed E-state index contributed by atoms with van der Waals surface area (Å²) in [5.74, 6) is 1.80. The number of hydrogen-bond acceptors (Lipinski definition) is 7. The Morgan fingerprint density at radius 1 is 1.11 bits per heavy atom. The third-order valence-corrected chi connectivity index (χ3v) is 8.37. The van der Waals surface area contributed by atoms with E-state index >= 15 is 0 Å². The molecule has 0 bridgehead atoms. The average Bonchev–Trinajstić information content (AvgIpc) is 3.54. The Morgan fingerprint density at radius 2 is 1.89 bits per heavy atom. The topological polar surface area (TPSA) is 93.7 Å². The molecule has 2 aromatic heterocycles. The average molecular weight is 521 g/mol. The van der Waals surface area contributed by atoms with Crippen molar-refractivity contribution in [1.29, 1.82) is 0 Å². The molecule has 2 amide bonds. The number of aryl methyl sites for hydroxylation is 2. The second-order valence-electron chi connectivity index (χ2n) is 10.1. The molecular weight excluding hydrogens is 488 g/mol. The third-order valence-electron chi connectivity index (χ3n) is 7.35. The number of methoxy groups -OCH3 is 1. The van der Waals surface area contributed by atoms with Crippen LogP contribution in [0, 0.1) is 31.6 Å². The zero-order valence-electron chi connectivity index (χ0n) is 21.6. The smallest absolute Gasteiger partial charge is 0.414 e. The number of fused-ring (bicyclic) bond motifs is 1. The van der Waals surface area contributed by atoms with Crippen LogP contribution >= 0.6 is 11.3 Å². The number of ether oxygens (including phenoxy) is 2. The number of benzene rings is 1. The molecule has 5 rings (SSSR count). The minimum atomic E-state index is -0.604. The summed E-state index contributed by atoms with van der Waals surface area (Å²) in [6.07, 6.45) is 1.52. The van der Waals surface area contributed by atoms with E-state index in [4.69, 9.17) is 9.47 Å². The lowest BCUT2D eigenvalue weighted by atomic mass is 9.93. The molecule has 1 aromatic carbocycles. The first-order valence-electron chi connectivity index (χ1n) is 12.6. The number of nitrogens with one attached hydrogen (secondary N) is 1. The Morgan fingerprint density at radius 3 is 2.68 bits per heavy atom. The number of pyridine rings is 1.